The molecule has 0 bridgehead atoms. The highest BCUT2D eigenvalue weighted by Crippen LogP contribution is 2.35. The van der Waals surface area contributed by atoms with Crippen LogP contribution in [0.4, 0.5) is 0 Å². The van der Waals surface area contributed by atoms with Gasteiger partial charge in [-0.05, 0) is 42.7 Å². The van der Waals surface area contributed by atoms with E-state index in [0.717, 1.165) is 12.8 Å². The second-order valence-electron chi connectivity index (χ2n) is 6.46. The van der Waals surface area contributed by atoms with Crippen LogP contribution in [0.1, 0.15) is 40.0 Å². The van der Waals surface area contributed by atoms with Gasteiger partial charge in [0.1, 0.15) is 11.9 Å². The summed E-state index contributed by atoms with van der Waals surface area (Å²) in [5, 5.41) is 0. The molecular weight excluding hydrogens is 264 g/mol. The number of ether oxygens (including phenoxy) is 2. The molecule has 1 aliphatic carbocycles. The molecule has 0 saturated heterocycles. The van der Waals surface area contributed by atoms with E-state index in [1.54, 1.807) is 0 Å². The van der Waals surface area contributed by atoms with Crippen LogP contribution in [0, 0.1) is 17.8 Å². The largest absolute Gasteiger partial charge is 0.482 e. The van der Waals surface area contributed by atoms with Gasteiger partial charge in [-0.15, -0.1) is 0 Å². The predicted octanol–water partition coefficient (Wildman–Crippen LogP) is 4.07. The van der Waals surface area contributed by atoms with Gasteiger partial charge in [-0.1, -0.05) is 45.4 Å². The molecule has 1 fully saturated rings. The minimum atomic E-state index is -0.261. The quantitative estimate of drug-likeness (QED) is 0.767. The standard InChI is InChI=1S/C18H26O3/c1-13(2)16-10-9-14(3)11-17(16)21-18(19)12-20-15-7-5-4-6-8-15/h4-8,13-14,16-17H,9-12H2,1-3H3. The Hall–Kier alpha value is -1.51. The van der Waals surface area contributed by atoms with E-state index in [1.807, 2.05) is 30.3 Å². The molecule has 0 radical (unpaired) electrons. The first-order valence-corrected chi connectivity index (χ1v) is 7.93. The maximum atomic E-state index is 12.0. The van der Waals surface area contributed by atoms with Crippen molar-refractivity contribution in [3.8, 4) is 5.75 Å². The normalized spacial score (nSPS) is 25.6. The highest BCUT2D eigenvalue weighted by Gasteiger charge is 2.33. The molecule has 1 saturated carbocycles. The van der Waals surface area contributed by atoms with Crippen molar-refractivity contribution in [2.75, 3.05) is 6.61 Å². The first-order chi connectivity index (χ1) is 10.1. The summed E-state index contributed by atoms with van der Waals surface area (Å²) in [6.45, 7) is 6.64. The zero-order valence-corrected chi connectivity index (χ0v) is 13.2. The zero-order valence-electron chi connectivity index (χ0n) is 13.2. The Morgan fingerprint density at radius 2 is 1.95 bits per heavy atom. The second-order valence-corrected chi connectivity index (χ2v) is 6.46. The van der Waals surface area contributed by atoms with E-state index in [9.17, 15) is 4.79 Å². The highest BCUT2D eigenvalue weighted by molar-refractivity contribution is 5.71. The molecule has 0 spiro atoms. The third-order valence-electron chi connectivity index (χ3n) is 4.34. The van der Waals surface area contributed by atoms with Crippen molar-refractivity contribution in [2.45, 2.75) is 46.1 Å². The van der Waals surface area contributed by atoms with Gasteiger partial charge in [0.25, 0.3) is 0 Å². The van der Waals surface area contributed by atoms with E-state index in [2.05, 4.69) is 20.8 Å². The van der Waals surface area contributed by atoms with Crippen LogP contribution in [0.5, 0.6) is 5.75 Å². The minimum Gasteiger partial charge on any atom is -0.482 e. The summed E-state index contributed by atoms with van der Waals surface area (Å²) in [4.78, 5) is 12.0. The van der Waals surface area contributed by atoms with Crippen LogP contribution in [0.15, 0.2) is 30.3 Å². The van der Waals surface area contributed by atoms with Crippen LogP contribution in [0.2, 0.25) is 0 Å². The van der Waals surface area contributed by atoms with Gasteiger partial charge >= 0.3 is 5.97 Å². The van der Waals surface area contributed by atoms with Gasteiger partial charge in [-0.3, -0.25) is 0 Å². The lowest BCUT2D eigenvalue weighted by molar-refractivity contribution is -0.158. The van der Waals surface area contributed by atoms with E-state index >= 15 is 0 Å². The molecule has 21 heavy (non-hydrogen) atoms. The van der Waals surface area contributed by atoms with Crippen LogP contribution < -0.4 is 4.74 Å². The first-order valence-electron chi connectivity index (χ1n) is 7.93. The number of rotatable bonds is 5. The number of benzene rings is 1. The SMILES string of the molecule is CC1CCC(C(C)C)C(OC(=O)COc2ccccc2)C1. The Labute approximate surface area is 127 Å². The van der Waals surface area contributed by atoms with Gasteiger partial charge in [-0.2, -0.15) is 0 Å². The Bertz CT molecular complexity index is 441. The summed E-state index contributed by atoms with van der Waals surface area (Å²) < 4.78 is 11.2. The molecule has 1 aromatic carbocycles. The number of hydrogen-bond acceptors (Lipinski definition) is 3. The lowest BCUT2D eigenvalue weighted by Gasteiger charge is -2.36. The van der Waals surface area contributed by atoms with Gasteiger partial charge in [0.15, 0.2) is 6.61 Å². The summed E-state index contributed by atoms with van der Waals surface area (Å²) in [6, 6.07) is 9.37. The smallest absolute Gasteiger partial charge is 0.344 e. The molecule has 0 aliphatic heterocycles. The van der Waals surface area contributed by atoms with E-state index in [0.29, 0.717) is 23.5 Å². The van der Waals surface area contributed by atoms with Crippen LogP contribution in [-0.4, -0.2) is 18.7 Å². The second kappa shape index (κ2) is 7.48. The van der Waals surface area contributed by atoms with Crippen LogP contribution in [-0.2, 0) is 9.53 Å². The fourth-order valence-corrected chi connectivity index (χ4v) is 3.11. The van der Waals surface area contributed by atoms with E-state index in [1.165, 1.54) is 6.42 Å². The summed E-state index contributed by atoms with van der Waals surface area (Å²) in [5.74, 6) is 2.09. The topological polar surface area (TPSA) is 35.5 Å². The van der Waals surface area contributed by atoms with E-state index in [4.69, 9.17) is 9.47 Å². The van der Waals surface area contributed by atoms with E-state index < -0.39 is 0 Å². The summed E-state index contributed by atoms with van der Waals surface area (Å²) in [7, 11) is 0. The van der Waals surface area contributed by atoms with Crippen molar-refractivity contribution < 1.29 is 14.3 Å². The van der Waals surface area contributed by atoms with Gasteiger partial charge in [0, 0.05) is 0 Å². The van der Waals surface area contributed by atoms with Gasteiger partial charge in [-0.25, -0.2) is 4.79 Å². The Morgan fingerprint density at radius 3 is 2.62 bits per heavy atom. The molecule has 116 valence electrons. The van der Waals surface area contributed by atoms with Crippen LogP contribution in [0.25, 0.3) is 0 Å². The van der Waals surface area contributed by atoms with Crippen molar-refractivity contribution >= 4 is 5.97 Å². The maximum Gasteiger partial charge on any atom is 0.344 e. The molecule has 3 atom stereocenters. The lowest BCUT2D eigenvalue weighted by atomic mass is 9.75. The van der Waals surface area contributed by atoms with Crippen molar-refractivity contribution in [2.24, 2.45) is 17.8 Å². The number of carbonyl (C=O) groups is 1. The molecule has 0 heterocycles. The van der Waals surface area contributed by atoms with Crippen molar-refractivity contribution in [1.82, 2.24) is 0 Å². The molecule has 3 unspecified atom stereocenters. The van der Waals surface area contributed by atoms with Gasteiger partial charge in [0.2, 0.25) is 0 Å². The summed E-state index contributed by atoms with van der Waals surface area (Å²) in [6.07, 6.45) is 3.40. The van der Waals surface area contributed by atoms with Gasteiger partial charge < -0.3 is 9.47 Å². The van der Waals surface area contributed by atoms with E-state index in [-0.39, 0.29) is 18.7 Å². The van der Waals surface area contributed by atoms with Crippen molar-refractivity contribution in [3.05, 3.63) is 30.3 Å². The summed E-state index contributed by atoms with van der Waals surface area (Å²) >= 11 is 0. The third kappa shape index (κ3) is 4.76. The molecule has 3 heteroatoms. The highest BCUT2D eigenvalue weighted by atomic mass is 16.6. The average molecular weight is 290 g/mol. The molecular formula is C18H26O3. The molecule has 0 aromatic heterocycles. The number of carbonyl (C=O) groups excluding carboxylic acids is 1. The number of esters is 1. The third-order valence-corrected chi connectivity index (χ3v) is 4.34. The fraction of sp³-hybridized carbons (Fsp3) is 0.611. The monoisotopic (exact) mass is 290 g/mol. The molecule has 1 aromatic rings. The van der Waals surface area contributed by atoms with Crippen molar-refractivity contribution in [1.29, 1.82) is 0 Å². The van der Waals surface area contributed by atoms with Crippen molar-refractivity contribution in [3.63, 3.8) is 0 Å². The lowest BCUT2D eigenvalue weighted by Crippen LogP contribution is -2.36. The molecule has 3 nitrogen and oxygen atoms in total. The molecule has 0 amide bonds. The number of para-hydroxylation sites is 1. The molecule has 2 rings (SSSR count). The maximum absolute atomic E-state index is 12.0. The number of hydrogen-bond donors (Lipinski definition) is 0. The molecule has 1 aliphatic rings. The van der Waals surface area contributed by atoms with Crippen LogP contribution >= 0.6 is 0 Å². The minimum absolute atomic E-state index is 0.0142. The zero-order chi connectivity index (χ0) is 15.2. The predicted molar refractivity (Wildman–Crippen MR) is 83.2 cm³/mol. The molecule has 0 N–H and O–H groups in total. The Kier molecular flexibility index (Phi) is 5.66. The summed E-state index contributed by atoms with van der Waals surface area (Å²) in [5.41, 5.74) is 0. The van der Waals surface area contributed by atoms with Crippen LogP contribution in [0.3, 0.4) is 0 Å². The van der Waals surface area contributed by atoms with Gasteiger partial charge in [0.05, 0.1) is 0 Å². The average Bonchev–Trinajstić information content (AvgIpc) is 2.46. The Balaban J connectivity index is 1.85. The first kappa shape index (κ1) is 15.9. The fourth-order valence-electron chi connectivity index (χ4n) is 3.11. The Morgan fingerprint density at radius 1 is 1.24 bits per heavy atom.